The van der Waals surface area contributed by atoms with Gasteiger partial charge in [-0.2, -0.15) is 0 Å². The van der Waals surface area contributed by atoms with Gasteiger partial charge in [-0.1, -0.05) is 146 Å². The zero-order valence-electron chi connectivity index (χ0n) is 33.2. The van der Waals surface area contributed by atoms with Crippen LogP contribution in [0.1, 0.15) is 0 Å². The Kier molecular flexibility index (Phi) is 11.1. The van der Waals surface area contributed by atoms with Gasteiger partial charge in [0.05, 0.1) is 24.6 Å². The Labute approximate surface area is 356 Å². The second-order valence-corrected chi connectivity index (χ2v) is 42.5. The van der Waals surface area contributed by atoms with Crippen molar-refractivity contribution in [1.82, 2.24) is 0 Å². The first-order chi connectivity index (χ1) is 29.1. The van der Waals surface area contributed by atoms with Gasteiger partial charge in [0.15, 0.2) is 0 Å². The van der Waals surface area contributed by atoms with E-state index >= 15 is 0 Å². The van der Waals surface area contributed by atoms with Crippen LogP contribution in [0.4, 0.5) is 0 Å². The minimum absolute atomic E-state index is 0.0361. The van der Waals surface area contributed by atoms with Gasteiger partial charge in [0.1, 0.15) is 75.7 Å². The Hall–Kier alpha value is -3.66. The van der Waals surface area contributed by atoms with E-state index in [1.807, 2.05) is 0 Å². The Bertz CT molecular complexity index is 2060. The third kappa shape index (κ3) is 7.15. The molecule has 8 aromatic carbocycles. The van der Waals surface area contributed by atoms with E-state index in [1.165, 1.54) is 24.6 Å². The molecule has 0 aliphatic carbocycles. The van der Waals surface area contributed by atoms with Gasteiger partial charge in [0, 0.05) is 0 Å². The summed E-state index contributed by atoms with van der Waals surface area (Å²) in [6.45, 7) is -8.18. The Morgan fingerprint density at radius 2 is 0.356 bits per heavy atom. The van der Waals surface area contributed by atoms with Crippen LogP contribution in [0, 0.1) is 5.41 Å². The molecule has 0 aromatic heterocycles. The standard InChI is InChI=1S/C53H50P6/c1-9-25-45(26-10-1)56(46-27-11-2-12-28-46)41-53(42-57(54-56,47-29-13-3-14-30-47)48-31-15-4-16-32-48)43-58(49-33-17-5-18-34-49,50-35-19-6-20-36-50)55-59(44-53,51-37-21-7-22-38-51)52-39-23-8-24-40-52/h1-40,54-55H,41-44H2/q+4. The lowest BCUT2D eigenvalue weighted by Crippen LogP contribution is -2.52. The van der Waals surface area contributed by atoms with Crippen molar-refractivity contribution in [2.75, 3.05) is 24.6 Å². The SMILES string of the molecule is c1ccc([P+]2(c3ccccc3)CC3(C[P+](c4ccccc4)(c4ccccc4)P2)C[P+](c2ccccc2)(c2ccccc2)P[P+](c2ccccc2)(c2ccccc2)C3)cc1. The molecule has 10 rings (SSSR count). The molecule has 0 bridgehead atoms. The molecular weight excluding hydrogens is 822 g/mol. The molecule has 2 saturated heterocycles. The smallest absolute Gasteiger partial charge is 0.0620 e. The zero-order chi connectivity index (χ0) is 39.6. The van der Waals surface area contributed by atoms with Gasteiger partial charge in [-0.05, 0) is 97.1 Å². The molecule has 0 unspecified atom stereocenters. The summed E-state index contributed by atoms with van der Waals surface area (Å²) in [7, 11) is 1.62. The van der Waals surface area contributed by atoms with Crippen LogP contribution in [-0.2, 0) is 0 Å². The molecule has 0 radical (unpaired) electrons. The Balaban J connectivity index is 1.36. The average molecular weight is 873 g/mol. The van der Waals surface area contributed by atoms with Gasteiger partial charge in [-0.25, -0.2) is 0 Å². The molecule has 1 spiro atoms. The molecule has 0 atom stereocenters. The summed E-state index contributed by atoms with van der Waals surface area (Å²) < 4.78 is 0. The van der Waals surface area contributed by atoms with Crippen molar-refractivity contribution in [3.63, 3.8) is 0 Å². The number of rotatable bonds is 8. The predicted octanol–water partition coefficient (Wildman–Crippen LogP) is 11.7. The molecule has 6 heteroatoms. The maximum absolute atomic E-state index is 2.52. The zero-order valence-corrected chi connectivity index (χ0v) is 38.8. The van der Waals surface area contributed by atoms with Crippen LogP contribution in [0.2, 0.25) is 0 Å². The maximum Gasteiger partial charge on any atom is 0.217 e. The second-order valence-electron chi connectivity index (χ2n) is 16.3. The normalized spacial score (nSPS) is 20.9. The van der Waals surface area contributed by atoms with Crippen molar-refractivity contribution in [2.24, 2.45) is 5.41 Å². The highest BCUT2D eigenvalue weighted by molar-refractivity contribution is 8.70. The highest BCUT2D eigenvalue weighted by atomic mass is 32.5. The molecule has 2 heterocycles. The molecule has 0 nitrogen and oxygen atoms in total. The number of benzene rings is 8. The monoisotopic (exact) mass is 872 g/mol. The van der Waals surface area contributed by atoms with Crippen molar-refractivity contribution in [2.45, 2.75) is 0 Å². The van der Waals surface area contributed by atoms with Crippen LogP contribution in [0.3, 0.4) is 0 Å². The largest absolute Gasteiger partial charge is 0.217 e. The summed E-state index contributed by atoms with van der Waals surface area (Å²) in [6, 6.07) is 95.5. The van der Waals surface area contributed by atoms with E-state index < -0.39 is 27.8 Å². The van der Waals surface area contributed by atoms with Crippen LogP contribution >= 0.6 is 43.7 Å². The van der Waals surface area contributed by atoms with Crippen molar-refractivity contribution in [1.29, 1.82) is 0 Å². The fourth-order valence-corrected chi connectivity index (χ4v) is 63.3. The highest BCUT2D eigenvalue weighted by Crippen LogP contribution is 3.02. The maximum atomic E-state index is 2.52. The number of hydrogen-bond acceptors (Lipinski definition) is 0. The summed E-state index contributed by atoms with van der Waals surface area (Å²) in [5.41, 5.74) is 0.0361. The first-order valence-corrected chi connectivity index (χ1v) is 33.9. The highest BCUT2D eigenvalue weighted by Gasteiger charge is 2.77. The van der Waals surface area contributed by atoms with E-state index in [2.05, 4.69) is 243 Å². The molecule has 2 aliphatic heterocycles. The van der Waals surface area contributed by atoms with Crippen molar-refractivity contribution in [3.8, 4) is 0 Å². The summed E-state index contributed by atoms with van der Waals surface area (Å²) >= 11 is 0. The molecule has 59 heavy (non-hydrogen) atoms. The van der Waals surface area contributed by atoms with E-state index in [4.69, 9.17) is 0 Å². The van der Waals surface area contributed by atoms with Crippen LogP contribution in [0.25, 0.3) is 0 Å². The molecule has 0 amide bonds. The van der Waals surface area contributed by atoms with Crippen molar-refractivity contribution >= 4 is 86.2 Å². The molecule has 2 aliphatic rings. The van der Waals surface area contributed by atoms with Crippen LogP contribution in [0.15, 0.2) is 243 Å². The molecular formula is C53H50P6+4. The van der Waals surface area contributed by atoms with Gasteiger partial charge >= 0.3 is 0 Å². The summed E-state index contributed by atoms with van der Waals surface area (Å²) in [6.07, 6.45) is 4.95. The van der Waals surface area contributed by atoms with Crippen molar-refractivity contribution < 1.29 is 0 Å². The van der Waals surface area contributed by atoms with Gasteiger partial charge < -0.3 is 0 Å². The molecule has 8 aromatic rings. The van der Waals surface area contributed by atoms with Gasteiger partial charge in [-0.3, -0.25) is 0 Å². The average Bonchev–Trinajstić information content (AvgIpc) is 3.33. The third-order valence-corrected chi connectivity index (χ3v) is 52.4. The molecule has 288 valence electrons. The van der Waals surface area contributed by atoms with E-state index in [1.54, 1.807) is 42.4 Å². The minimum atomic E-state index is -2.04. The van der Waals surface area contributed by atoms with Gasteiger partial charge in [0.2, 0.25) is 15.9 Å². The second kappa shape index (κ2) is 16.7. The number of hydrogen-bond donors (Lipinski definition) is 0. The molecule has 0 saturated carbocycles. The topological polar surface area (TPSA) is 0 Å². The third-order valence-electron chi connectivity index (χ3n) is 12.5. The van der Waals surface area contributed by atoms with E-state index in [0.29, 0.717) is 0 Å². The van der Waals surface area contributed by atoms with Gasteiger partial charge in [0.25, 0.3) is 0 Å². The van der Waals surface area contributed by atoms with Crippen LogP contribution in [-0.4, -0.2) is 24.6 Å². The first kappa shape index (κ1) is 39.5. The lowest BCUT2D eigenvalue weighted by atomic mass is 9.99. The van der Waals surface area contributed by atoms with E-state index in [9.17, 15) is 0 Å². The Morgan fingerprint density at radius 1 is 0.220 bits per heavy atom. The summed E-state index contributed by atoms with van der Waals surface area (Å²) in [5.74, 6) is 0. The van der Waals surface area contributed by atoms with Crippen LogP contribution < -0.4 is 42.4 Å². The molecule has 2 fully saturated rings. The van der Waals surface area contributed by atoms with E-state index in [0.717, 1.165) is 15.9 Å². The predicted molar refractivity (Wildman–Crippen MR) is 275 cm³/mol. The lowest BCUT2D eigenvalue weighted by Gasteiger charge is -2.52. The fraction of sp³-hybridized carbons (Fsp3) is 0.0943. The van der Waals surface area contributed by atoms with E-state index in [-0.39, 0.29) is 5.41 Å². The first-order valence-electron chi connectivity index (χ1n) is 20.6. The molecule has 0 N–H and O–H groups in total. The van der Waals surface area contributed by atoms with Gasteiger partial charge in [-0.15, -0.1) is 0 Å². The fourth-order valence-electron chi connectivity index (χ4n) is 10.3. The Morgan fingerprint density at radius 3 is 0.492 bits per heavy atom. The summed E-state index contributed by atoms with van der Waals surface area (Å²) in [5, 5.41) is 12.7. The van der Waals surface area contributed by atoms with Crippen LogP contribution in [0.5, 0.6) is 0 Å². The lowest BCUT2D eigenvalue weighted by molar-refractivity contribution is 0.501. The summed E-state index contributed by atoms with van der Waals surface area (Å²) in [4.78, 5) is 0. The quantitative estimate of drug-likeness (QED) is 0.133. The van der Waals surface area contributed by atoms with Crippen molar-refractivity contribution in [3.05, 3.63) is 243 Å². The minimum Gasteiger partial charge on any atom is -0.0620 e.